The fourth-order valence-corrected chi connectivity index (χ4v) is 5.32. The Labute approximate surface area is 270 Å². The minimum atomic E-state index is -1.01. The van der Waals surface area contributed by atoms with Gasteiger partial charge in [0.05, 0.1) is 19.8 Å². The number of fused-ring (bicyclic) bond motifs is 1. The van der Waals surface area contributed by atoms with E-state index in [1.165, 1.54) is 7.11 Å². The highest BCUT2D eigenvalue weighted by Crippen LogP contribution is 2.26. The first kappa shape index (κ1) is 36.3. The maximum atomic E-state index is 13.9. The van der Waals surface area contributed by atoms with E-state index in [1.54, 1.807) is 27.7 Å². The van der Waals surface area contributed by atoms with Gasteiger partial charge in [-0.15, -0.1) is 0 Å². The van der Waals surface area contributed by atoms with Crippen LogP contribution in [0.4, 0.5) is 4.79 Å². The van der Waals surface area contributed by atoms with Gasteiger partial charge in [0, 0.05) is 36.0 Å². The van der Waals surface area contributed by atoms with Crippen molar-refractivity contribution in [1.29, 1.82) is 0 Å². The van der Waals surface area contributed by atoms with Gasteiger partial charge in [-0.05, 0) is 70.6 Å². The summed E-state index contributed by atoms with van der Waals surface area (Å²) in [6.07, 6.45) is 3.20. The quantitative estimate of drug-likeness (QED) is 0.0947. The number of H-pyrrole nitrogens is 1. The molecule has 11 heteroatoms. The normalized spacial score (nSPS) is 14.1. The third-order valence-electron chi connectivity index (χ3n) is 7.55. The summed E-state index contributed by atoms with van der Waals surface area (Å²) in [5, 5.41) is 6.83. The van der Waals surface area contributed by atoms with Crippen molar-refractivity contribution < 1.29 is 33.4 Å². The van der Waals surface area contributed by atoms with E-state index < -0.39 is 47.7 Å². The van der Waals surface area contributed by atoms with Crippen LogP contribution in [0.3, 0.4) is 0 Å². The SMILES string of the molecule is CCOC(=O)C(CC(C(=O)[C@@H](N)CCCCNC(=O)OC(C)(C)C)c1ccccc1)N[C@@H](Cc1c[nH]c2ccccc12)C(=O)OC. The summed E-state index contributed by atoms with van der Waals surface area (Å²) in [6, 6.07) is 14.2. The molecule has 1 heterocycles. The minimum absolute atomic E-state index is 0.0248. The summed E-state index contributed by atoms with van der Waals surface area (Å²) in [7, 11) is 1.30. The molecule has 0 radical (unpaired) electrons. The maximum Gasteiger partial charge on any atom is 0.407 e. The van der Waals surface area contributed by atoms with Gasteiger partial charge in [0.15, 0.2) is 5.78 Å². The van der Waals surface area contributed by atoms with Crippen molar-refractivity contribution in [3.8, 4) is 0 Å². The standard InChI is InChI=1S/C35H48N4O7/c1-6-45-33(42)30(39-29(32(41)44-5)20-24-22-38-28-18-11-10-16-25(24)28)21-26(23-14-8-7-9-15-23)31(40)27(36)17-12-13-19-37-34(43)46-35(2,3)4/h7-11,14-16,18,22,26-27,29-30,38-39H,6,12-13,17,19-21,36H2,1-5H3,(H,37,43)/t26?,27-,29-,30?/m0/s1. The number of ketones is 1. The van der Waals surface area contributed by atoms with Crippen LogP contribution < -0.4 is 16.4 Å². The Kier molecular flexibility index (Phi) is 13.8. The number of Topliss-reactive ketones (excluding diaryl/α,β-unsaturated/α-hetero) is 1. The van der Waals surface area contributed by atoms with Crippen LogP contribution in [-0.4, -0.2) is 72.8 Å². The van der Waals surface area contributed by atoms with Gasteiger partial charge in [0.2, 0.25) is 0 Å². The molecule has 0 saturated carbocycles. The van der Waals surface area contributed by atoms with Gasteiger partial charge in [-0.25, -0.2) is 4.79 Å². The van der Waals surface area contributed by atoms with Crippen molar-refractivity contribution in [2.24, 2.45) is 5.73 Å². The molecule has 4 atom stereocenters. The van der Waals surface area contributed by atoms with Crippen molar-refractivity contribution in [3.05, 3.63) is 71.9 Å². The summed E-state index contributed by atoms with van der Waals surface area (Å²) in [5.41, 5.74) is 8.35. The van der Waals surface area contributed by atoms with Crippen LogP contribution in [0.2, 0.25) is 0 Å². The lowest BCUT2D eigenvalue weighted by Gasteiger charge is -2.27. The highest BCUT2D eigenvalue weighted by Gasteiger charge is 2.35. The van der Waals surface area contributed by atoms with E-state index >= 15 is 0 Å². The fourth-order valence-electron chi connectivity index (χ4n) is 5.32. The zero-order chi connectivity index (χ0) is 33.7. The number of esters is 2. The summed E-state index contributed by atoms with van der Waals surface area (Å²) >= 11 is 0. The van der Waals surface area contributed by atoms with Crippen LogP contribution in [-0.2, 0) is 35.0 Å². The van der Waals surface area contributed by atoms with Crippen LogP contribution >= 0.6 is 0 Å². The van der Waals surface area contributed by atoms with E-state index in [2.05, 4.69) is 15.6 Å². The van der Waals surface area contributed by atoms with Gasteiger partial charge < -0.3 is 30.2 Å². The predicted molar refractivity (Wildman–Crippen MR) is 176 cm³/mol. The lowest BCUT2D eigenvalue weighted by atomic mass is 9.84. The monoisotopic (exact) mass is 636 g/mol. The van der Waals surface area contributed by atoms with Crippen molar-refractivity contribution in [2.75, 3.05) is 20.3 Å². The van der Waals surface area contributed by atoms with E-state index in [1.807, 2.05) is 60.8 Å². The Balaban J connectivity index is 1.76. The van der Waals surface area contributed by atoms with Crippen molar-refractivity contribution in [2.45, 2.75) is 89.4 Å². The molecule has 2 unspecified atom stereocenters. The van der Waals surface area contributed by atoms with Gasteiger partial charge in [0.1, 0.15) is 17.7 Å². The smallest absolute Gasteiger partial charge is 0.407 e. The predicted octanol–water partition coefficient (Wildman–Crippen LogP) is 4.54. The molecule has 0 aliphatic heterocycles. The van der Waals surface area contributed by atoms with Crippen LogP contribution in [0, 0.1) is 0 Å². The number of aromatic amines is 1. The number of amides is 1. The molecular formula is C35H48N4O7. The van der Waals surface area contributed by atoms with Crippen LogP contribution in [0.25, 0.3) is 10.9 Å². The first-order valence-corrected chi connectivity index (χ1v) is 15.8. The maximum absolute atomic E-state index is 13.9. The highest BCUT2D eigenvalue weighted by molar-refractivity contribution is 5.91. The zero-order valence-corrected chi connectivity index (χ0v) is 27.5. The minimum Gasteiger partial charge on any atom is -0.468 e. The highest BCUT2D eigenvalue weighted by atomic mass is 16.6. The molecule has 0 spiro atoms. The number of ether oxygens (including phenoxy) is 3. The zero-order valence-electron chi connectivity index (χ0n) is 27.5. The largest absolute Gasteiger partial charge is 0.468 e. The average molecular weight is 637 g/mol. The fraction of sp³-hybridized carbons (Fsp3) is 0.486. The van der Waals surface area contributed by atoms with Crippen LogP contribution in [0.15, 0.2) is 60.8 Å². The number of nitrogens with two attached hydrogens (primary N) is 1. The van der Waals surface area contributed by atoms with E-state index in [0.29, 0.717) is 31.4 Å². The van der Waals surface area contributed by atoms with E-state index in [0.717, 1.165) is 16.5 Å². The van der Waals surface area contributed by atoms with Crippen molar-refractivity contribution in [1.82, 2.24) is 15.6 Å². The van der Waals surface area contributed by atoms with Gasteiger partial charge in [0.25, 0.3) is 0 Å². The van der Waals surface area contributed by atoms with Gasteiger partial charge in [-0.2, -0.15) is 0 Å². The van der Waals surface area contributed by atoms with Crippen LogP contribution in [0.5, 0.6) is 0 Å². The molecule has 0 saturated heterocycles. The summed E-state index contributed by atoms with van der Waals surface area (Å²) in [5.74, 6) is -2.09. The molecule has 11 nitrogen and oxygen atoms in total. The van der Waals surface area contributed by atoms with E-state index in [9.17, 15) is 19.2 Å². The average Bonchev–Trinajstić information content (AvgIpc) is 3.43. The van der Waals surface area contributed by atoms with Crippen LogP contribution in [0.1, 0.15) is 70.4 Å². The number of hydrogen-bond acceptors (Lipinski definition) is 9. The number of unbranched alkanes of at least 4 members (excludes halogenated alkanes) is 1. The number of alkyl carbamates (subject to hydrolysis) is 1. The topological polar surface area (TPSA) is 162 Å². The molecule has 0 bridgehead atoms. The number of aromatic nitrogens is 1. The Hall–Kier alpha value is -4.22. The Morgan fingerprint density at radius 1 is 0.935 bits per heavy atom. The third-order valence-corrected chi connectivity index (χ3v) is 7.55. The Morgan fingerprint density at radius 3 is 2.30 bits per heavy atom. The lowest BCUT2D eigenvalue weighted by molar-refractivity contribution is -0.148. The number of rotatable bonds is 17. The van der Waals surface area contributed by atoms with Crippen molar-refractivity contribution in [3.63, 3.8) is 0 Å². The number of carbonyl (C=O) groups is 4. The first-order chi connectivity index (χ1) is 21.9. The number of methoxy groups -OCH3 is 1. The van der Waals surface area contributed by atoms with Crippen molar-refractivity contribution >= 4 is 34.7 Å². The molecule has 1 aromatic heterocycles. The number of para-hydroxylation sites is 1. The molecule has 3 rings (SSSR count). The van der Waals surface area contributed by atoms with Gasteiger partial charge in [-0.1, -0.05) is 48.5 Å². The number of benzene rings is 2. The molecule has 46 heavy (non-hydrogen) atoms. The number of carbonyl (C=O) groups excluding carboxylic acids is 4. The van der Waals surface area contributed by atoms with Gasteiger partial charge in [-0.3, -0.25) is 19.7 Å². The second kappa shape index (κ2) is 17.5. The second-order valence-corrected chi connectivity index (χ2v) is 12.2. The number of hydrogen-bond donors (Lipinski definition) is 4. The van der Waals surface area contributed by atoms with E-state index in [4.69, 9.17) is 19.9 Å². The molecule has 0 aliphatic carbocycles. The first-order valence-electron chi connectivity index (χ1n) is 15.8. The molecule has 5 N–H and O–H groups in total. The molecular weight excluding hydrogens is 588 g/mol. The molecule has 1 amide bonds. The molecule has 3 aromatic rings. The summed E-state index contributed by atoms with van der Waals surface area (Å²) < 4.78 is 15.8. The molecule has 2 aromatic carbocycles. The molecule has 0 fully saturated rings. The molecule has 0 aliphatic rings. The molecule has 250 valence electrons. The Morgan fingerprint density at radius 2 is 1.63 bits per heavy atom. The third kappa shape index (κ3) is 11.0. The summed E-state index contributed by atoms with van der Waals surface area (Å²) in [4.78, 5) is 55.3. The van der Waals surface area contributed by atoms with Gasteiger partial charge >= 0.3 is 18.0 Å². The number of nitrogens with one attached hydrogen (secondary N) is 3. The van der Waals surface area contributed by atoms with E-state index in [-0.39, 0.29) is 25.2 Å². The lowest BCUT2D eigenvalue weighted by Crippen LogP contribution is -2.50. The second-order valence-electron chi connectivity index (χ2n) is 12.2. The summed E-state index contributed by atoms with van der Waals surface area (Å²) in [6.45, 7) is 7.60. The Bertz CT molecular complexity index is 1430.